The summed E-state index contributed by atoms with van der Waals surface area (Å²) in [7, 11) is 0. The van der Waals surface area contributed by atoms with Gasteiger partial charge in [-0.1, -0.05) is 0 Å². The lowest BCUT2D eigenvalue weighted by molar-refractivity contribution is -0.149. The molecule has 1 aromatic carbocycles. The monoisotopic (exact) mass is 317 g/mol. The van der Waals surface area contributed by atoms with E-state index in [2.05, 4.69) is 0 Å². The number of fused-ring (bicyclic) bond motifs is 1. The van der Waals surface area contributed by atoms with Gasteiger partial charge in [0.25, 0.3) is 0 Å². The normalized spacial score (nSPS) is 22.0. The van der Waals surface area contributed by atoms with Crippen LogP contribution in [0, 0.1) is 5.92 Å². The van der Waals surface area contributed by atoms with Crippen molar-refractivity contribution in [3.63, 3.8) is 0 Å². The second-order valence-electron chi connectivity index (χ2n) is 5.69. The Hall–Kier alpha value is -2.50. The predicted molar refractivity (Wildman–Crippen MR) is 82.1 cm³/mol. The van der Waals surface area contributed by atoms with E-state index in [1.807, 2.05) is 4.90 Å². The molecule has 1 saturated heterocycles. The zero-order valence-corrected chi connectivity index (χ0v) is 12.9. The minimum Gasteiger partial charge on any atom is -0.508 e. The van der Waals surface area contributed by atoms with Crippen molar-refractivity contribution in [2.45, 2.75) is 19.8 Å². The summed E-state index contributed by atoms with van der Waals surface area (Å²) in [6, 6.07) is 4.43. The minimum absolute atomic E-state index is 0.0538. The van der Waals surface area contributed by atoms with Crippen molar-refractivity contribution in [3.05, 3.63) is 35.7 Å². The van der Waals surface area contributed by atoms with Crippen molar-refractivity contribution >= 4 is 11.8 Å². The second kappa shape index (κ2) is 6.32. The fourth-order valence-electron chi connectivity index (χ4n) is 2.91. The Morgan fingerprint density at radius 1 is 1.52 bits per heavy atom. The molecule has 2 heterocycles. The van der Waals surface area contributed by atoms with Crippen LogP contribution in [0.25, 0.3) is 0 Å². The first-order valence-electron chi connectivity index (χ1n) is 7.76. The molecule has 3 rings (SSSR count). The van der Waals surface area contributed by atoms with Gasteiger partial charge < -0.3 is 19.5 Å². The van der Waals surface area contributed by atoms with Crippen molar-refractivity contribution in [1.29, 1.82) is 0 Å². The van der Waals surface area contributed by atoms with E-state index in [-0.39, 0.29) is 29.2 Å². The standard InChI is InChI=1S/C17H19NO5/c1-2-22-17(21)11-4-3-7-18(9-11)10-15-16(20)13-6-5-12(19)8-14(13)23-15/h5-6,8,10-11,19H,2-4,7,9H2,1H3. The molecule has 0 bridgehead atoms. The third kappa shape index (κ3) is 3.16. The Bertz CT molecular complexity index is 667. The summed E-state index contributed by atoms with van der Waals surface area (Å²) in [5.41, 5.74) is 0.438. The molecule has 0 spiro atoms. The van der Waals surface area contributed by atoms with Crippen molar-refractivity contribution in [2.24, 2.45) is 5.92 Å². The van der Waals surface area contributed by atoms with Gasteiger partial charge in [0.1, 0.15) is 11.5 Å². The summed E-state index contributed by atoms with van der Waals surface area (Å²) in [6.45, 7) is 3.44. The number of allylic oxidation sites excluding steroid dienone is 1. The maximum absolute atomic E-state index is 12.3. The van der Waals surface area contributed by atoms with E-state index < -0.39 is 0 Å². The first-order chi connectivity index (χ1) is 11.1. The molecule has 6 nitrogen and oxygen atoms in total. The fraction of sp³-hybridized carbons (Fsp3) is 0.412. The van der Waals surface area contributed by atoms with Gasteiger partial charge in [0.15, 0.2) is 5.76 Å². The molecular formula is C17H19NO5. The largest absolute Gasteiger partial charge is 0.508 e. The lowest BCUT2D eigenvalue weighted by Crippen LogP contribution is -2.36. The average molecular weight is 317 g/mol. The highest BCUT2D eigenvalue weighted by molar-refractivity contribution is 6.12. The number of phenols is 1. The zero-order chi connectivity index (χ0) is 16.4. The van der Waals surface area contributed by atoms with E-state index in [4.69, 9.17) is 9.47 Å². The third-order valence-electron chi connectivity index (χ3n) is 4.03. The van der Waals surface area contributed by atoms with Gasteiger partial charge in [-0.3, -0.25) is 9.59 Å². The molecule has 2 aliphatic heterocycles. The Morgan fingerprint density at radius 2 is 2.35 bits per heavy atom. The van der Waals surface area contributed by atoms with Gasteiger partial charge in [0, 0.05) is 25.4 Å². The number of ketones is 1. The van der Waals surface area contributed by atoms with Gasteiger partial charge in [-0.15, -0.1) is 0 Å². The lowest BCUT2D eigenvalue weighted by Gasteiger charge is -2.30. The van der Waals surface area contributed by atoms with Crippen molar-refractivity contribution in [2.75, 3.05) is 19.7 Å². The number of phenolic OH excluding ortho intramolecular Hbond substituents is 1. The number of esters is 1. The Kier molecular flexibility index (Phi) is 4.23. The van der Waals surface area contributed by atoms with Gasteiger partial charge in [-0.2, -0.15) is 0 Å². The number of aromatic hydroxyl groups is 1. The number of hydrogen-bond donors (Lipinski definition) is 1. The van der Waals surface area contributed by atoms with E-state index in [0.717, 1.165) is 19.4 Å². The molecule has 23 heavy (non-hydrogen) atoms. The van der Waals surface area contributed by atoms with E-state index in [0.29, 0.717) is 24.5 Å². The highest BCUT2D eigenvalue weighted by atomic mass is 16.5. The van der Waals surface area contributed by atoms with Crippen molar-refractivity contribution in [1.82, 2.24) is 4.90 Å². The number of nitrogens with zero attached hydrogens (tertiary/aromatic N) is 1. The number of carbonyl (C=O) groups is 2. The zero-order valence-electron chi connectivity index (χ0n) is 12.9. The Morgan fingerprint density at radius 3 is 3.13 bits per heavy atom. The molecule has 0 saturated carbocycles. The van der Waals surface area contributed by atoms with Crippen LogP contribution in [-0.2, 0) is 9.53 Å². The summed E-state index contributed by atoms with van der Waals surface area (Å²) in [4.78, 5) is 26.1. The van der Waals surface area contributed by atoms with Crippen LogP contribution in [0.1, 0.15) is 30.1 Å². The number of piperidine rings is 1. The lowest BCUT2D eigenvalue weighted by atomic mass is 9.98. The number of Topliss-reactive ketones (excluding diaryl/α,β-unsaturated/α-hetero) is 1. The second-order valence-corrected chi connectivity index (χ2v) is 5.69. The summed E-state index contributed by atoms with van der Waals surface area (Å²) < 4.78 is 10.6. The van der Waals surface area contributed by atoms with E-state index in [1.165, 1.54) is 12.1 Å². The molecule has 1 fully saturated rings. The minimum atomic E-state index is -0.210. The number of likely N-dealkylation sites (tertiary alicyclic amines) is 1. The number of rotatable bonds is 3. The molecule has 1 N–H and O–H groups in total. The van der Waals surface area contributed by atoms with Crippen LogP contribution in [0.4, 0.5) is 0 Å². The number of hydrogen-bond acceptors (Lipinski definition) is 6. The van der Waals surface area contributed by atoms with E-state index in [1.54, 1.807) is 19.2 Å². The molecular weight excluding hydrogens is 298 g/mol. The Balaban J connectivity index is 1.72. The van der Waals surface area contributed by atoms with Crippen LogP contribution in [-0.4, -0.2) is 41.5 Å². The highest BCUT2D eigenvalue weighted by Crippen LogP contribution is 2.34. The molecule has 0 aliphatic carbocycles. The maximum atomic E-state index is 12.3. The van der Waals surface area contributed by atoms with E-state index >= 15 is 0 Å². The van der Waals surface area contributed by atoms with Crippen LogP contribution in [0.5, 0.6) is 11.5 Å². The average Bonchev–Trinajstić information content (AvgIpc) is 2.83. The summed E-state index contributed by atoms with van der Waals surface area (Å²) in [5, 5.41) is 9.46. The Labute approximate surface area is 134 Å². The third-order valence-corrected chi connectivity index (χ3v) is 4.03. The van der Waals surface area contributed by atoms with Crippen LogP contribution < -0.4 is 4.74 Å². The number of ether oxygens (including phenoxy) is 2. The van der Waals surface area contributed by atoms with E-state index in [9.17, 15) is 14.7 Å². The molecule has 6 heteroatoms. The SMILES string of the molecule is CCOC(=O)C1CCCN(C=C2Oc3cc(O)ccc3C2=O)C1. The molecule has 1 atom stereocenters. The molecule has 1 aromatic rings. The first-order valence-corrected chi connectivity index (χ1v) is 7.76. The molecule has 0 radical (unpaired) electrons. The molecule has 1 unspecified atom stereocenters. The number of benzene rings is 1. The van der Waals surface area contributed by atoms with Gasteiger partial charge in [0.05, 0.1) is 18.1 Å². The molecule has 0 aromatic heterocycles. The van der Waals surface area contributed by atoms with Gasteiger partial charge in [-0.25, -0.2) is 0 Å². The van der Waals surface area contributed by atoms with Crippen molar-refractivity contribution in [3.8, 4) is 11.5 Å². The van der Waals surface area contributed by atoms with Crippen molar-refractivity contribution < 1.29 is 24.2 Å². The topological polar surface area (TPSA) is 76.1 Å². The first kappa shape index (κ1) is 15.4. The highest BCUT2D eigenvalue weighted by Gasteiger charge is 2.30. The van der Waals surface area contributed by atoms with Gasteiger partial charge in [0.2, 0.25) is 5.78 Å². The molecule has 0 amide bonds. The van der Waals surface area contributed by atoms with Crippen LogP contribution in [0.3, 0.4) is 0 Å². The summed E-state index contributed by atoms with van der Waals surface area (Å²) in [6.07, 6.45) is 3.31. The summed E-state index contributed by atoms with van der Waals surface area (Å²) in [5.74, 6) is 0.0534. The fourth-order valence-corrected chi connectivity index (χ4v) is 2.91. The quantitative estimate of drug-likeness (QED) is 0.679. The van der Waals surface area contributed by atoms with Gasteiger partial charge in [-0.05, 0) is 31.9 Å². The smallest absolute Gasteiger partial charge is 0.310 e. The molecule has 122 valence electrons. The predicted octanol–water partition coefficient (Wildman–Crippen LogP) is 2.08. The summed E-state index contributed by atoms with van der Waals surface area (Å²) >= 11 is 0. The van der Waals surface area contributed by atoms with Crippen LogP contribution in [0.15, 0.2) is 30.2 Å². The number of carbonyl (C=O) groups excluding carboxylic acids is 2. The molecule has 2 aliphatic rings. The maximum Gasteiger partial charge on any atom is 0.310 e. The van der Waals surface area contributed by atoms with Gasteiger partial charge >= 0.3 is 5.97 Å². The van der Waals surface area contributed by atoms with Crippen LogP contribution >= 0.6 is 0 Å². The van der Waals surface area contributed by atoms with Crippen LogP contribution in [0.2, 0.25) is 0 Å².